The van der Waals surface area contributed by atoms with Crippen molar-refractivity contribution in [3.05, 3.63) is 70.8 Å². The van der Waals surface area contributed by atoms with Crippen molar-refractivity contribution in [3.63, 3.8) is 0 Å². The van der Waals surface area contributed by atoms with Crippen LogP contribution in [0.3, 0.4) is 0 Å². The smallest absolute Gasteiger partial charge is 0.264 e. The van der Waals surface area contributed by atoms with E-state index in [1.165, 1.54) is 12.1 Å². The largest absolute Gasteiger partial charge is 0.493 e. The van der Waals surface area contributed by atoms with Crippen LogP contribution in [0.15, 0.2) is 59.4 Å². The highest BCUT2D eigenvalue weighted by molar-refractivity contribution is 5.68. The molecule has 0 radical (unpaired) electrons. The van der Waals surface area contributed by atoms with Gasteiger partial charge >= 0.3 is 0 Å². The monoisotopic (exact) mass is 297 g/mol. The van der Waals surface area contributed by atoms with Crippen LogP contribution >= 0.6 is 0 Å². The van der Waals surface area contributed by atoms with Gasteiger partial charge in [0.25, 0.3) is 5.56 Å². The van der Waals surface area contributed by atoms with Gasteiger partial charge in [-0.2, -0.15) is 4.98 Å². The molecular formula is C16H12FN3O2. The number of para-hydroxylation sites is 1. The van der Waals surface area contributed by atoms with Crippen LogP contribution in [-0.4, -0.2) is 15.1 Å². The Labute approximate surface area is 125 Å². The Morgan fingerprint density at radius 1 is 1.05 bits per heavy atom. The fourth-order valence-corrected chi connectivity index (χ4v) is 2.08. The van der Waals surface area contributed by atoms with Crippen LogP contribution in [0, 0.1) is 5.82 Å². The van der Waals surface area contributed by atoms with Crippen LogP contribution in [-0.2, 0) is 0 Å². The summed E-state index contributed by atoms with van der Waals surface area (Å²) in [7, 11) is 0. The summed E-state index contributed by atoms with van der Waals surface area (Å²) in [6.07, 6.45) is 0. The van der Waals surface area contributed by atoms with Gasteiger partial charge in [-0.1, -0.05) is 42.5 Å². The number of anilines is 2. The predicted molar refractivity (Wildman–Crippen MR) is 81.6 cm³/mol. The highest BCUT2D eigenvalue weighted by Gasteiger charge is 2.13. The number of benzene rings is 2. The molecule has 0 unspecified atom stereocenters. The van der Waals surface area contributed by atoms with Crippen LogP contribution in [0.1, 0.15) is 0 Å². The molecule has 3 N–H and O–H groups in total. The fourth-order valence-electron chi connectivity index (χ4n) is 2.08. The van der Waals surface area contributed by atoms with Crippen LogP contribution in [0.5, 0.6) is 5.88 Å². The Balaban J connectivity index is 2.00. The third kappa shape index (κ3) is 2.67. The summed E-state index contributed by atoms with van der Waals surface area (Å²) in [6.45, 7) is 0. The zero-order valence-corrected chi connectivity index (χ0v) is 11.4. The average molecular weight is 297 g/mol. The fraction of sp³-hybridized carbons (Fsp3) is 0. The number of nitrogens with one attached hydrogen (secondary N) is 2. The highest BCUT2D eigenvalue weighted by atomic mass is 19.1. The molecule has 3 aromatic rings. The lowest BCUT2D eigenvalue weighted by molar-refractivity contribution is 0.454. The lowest BCUT2D eigenvalue weighted by Gasteiger charge is -2.08. The number of hydrogen-bond donors (Lipinski definition) is 3. The molecule has 0 aliphatic carbocycles. The van der Waals surface area contributed by atoms with E-state index >= 15 is 0 Å². The first-order valence-electron chi connectivity index (χ1n) is 6.55. The lowest BCUT2D eigenvalue weighted by Crippen LogP contribution is -2.13. The SMILES string of the molecule is O=c1[nH]c(Nc2ccccc2F)nc(O)c1-c1ccccc1. The molecule has 1 heterocycles. The number of aromatic nitrogens is 2. The number of nitrogens with zero attached hydrogens (tertiary/aromatic N) is 1. The second-order valence-electron chi connectivity index (χ2n) is 4.58. The molecule has 5 nitrogen and oxygen atoms in total. The minimum atomic E-state index is -0.516. The normalized spacial score (nSPS) is 10.4. The maximum Gasteiger partial charge on any atom is 0.264 e. The minimum absolute atomic E-state index is 0.0349. The summed E-state index contributed by atoms with van der Waals surface area (Å²) in [4.78, 5) is 18.5. The first kappa shape index (κ1) is 13.8. The number of H-pyrrole nitrogens is 1. The van der Waals surface area contributed by atoms with Crippen molar-refractivity contribution in [1.82, 2.24) is 9.97 Å². The van der Waals surface area contributed by atoms with Gasteiger partial charge in [-0.3, -0.25) is 9.78 Å². The van der Waals surface area contributed by atoms with Gasteiger partial charge in [-0.25, -0.2) is 4.39 Å². The Bertz CT molecular complexity index is 863. The molecule has 0 bridgehead atoms. The van der Waals surface area contributed by atoms with E-state index < -0.39 is 17.3 Å². The zero-order chi connectivity index (χ0) is 15.5. The van der Waals surface area contributed by atoms with E-state index in [0.29, 0.717) is 5.56 Å². The third-order valence-corrected chi connectivity index (χ3v) is 3.09. The van der Waals surface area contributed by atoms with Crippen molar-refractivity contribution >= 4 is 11.6 Å². The quantitative estimate of drug-likeness (QED) is 0.694. The maximum atomic E-state index is 13.6. The molecule has 0 atom stereocenters. The second kappa shape index (κ2) is 5.69. The van der Waals surface area contributed by atoms with Crippen LogP contribution in [0.4, 0.5) is 16.0 Å². The van der Waals surface area contributed by atoms with Gasteiger partial charge in [0.1, 0.15) is 11.4 Å². The van der Waals surface area contributed by atoms with Crippen molar-refractivity contribution < 1.29 is 9.50 Å². The number of hydrogen-bond acceptors (Lipinski definition) is 4. The van der Waals surface area contributed by atoms with Crippen molar-refractivity contribution in [2.45, 2.75) is 0 Å². The van der Waals surface area contributed by atoms with E-state index in [0.717, 1.165) is 0 Å². The number of aromatic hydroxyl groups is 1. The Morgan fingerprint density at radius 3 is 2.41 bits per heavy atom. The molecule has 22 heavy (non-hydrogen) atoms. The second-order valence-corrected chi connectivity index (χ2v) is 4.58. The van der Waals surface area contributed by atoms with E-state index in [2.05, 4.69) is 15.3 Å². The molecule has 3 rings (SSSR count). The van der Waals surface area contributed by atoms with Crippen molar-refractivity contribution in [1.29, 1.82) is 0 Å². The van der Waals surface area contributed by atoms with Gasteiger partial charge < -0.3 is 10.4 Å². The summed E-state index contributed by atoms with van der Waals surface area (Å²) < 4.78 is 13.6. The molecule has 110 valence electrons. The van der Waals surface area contributed by atoms with Gasteiger partial charge in [0.2, 0.25) is 11.8 Å². The zero-order valence-electron chi connectivity index (χ0n) is 11.4. The summed E-state index contributed by atoms with van der Waals surface area (Å²) >= 11 is 0. The van der Waals surface area contributed by atoms with Gasteiger partial charge in [-0.15, -0.1) is 0 Å². The molecule has 0 spiro atoms. The third-order valence-electron chi connectivity index (χ3n) is 3.09. The molecule has 6 heteroatoms. The van der Waals surface area contributed by atoms with E-state index in [9.17, 15) is 14.3 Å². The average Bonchev–Trinajstić information content (AvgIpc) is 2.50. The highest BCUT2D eigenvalue weighted by Crippen LogP contribution is 2.25. The first-order chi connectivity index (χ1) is 10.6. The molecule has 0 amide bonds. The van der Waals surface area contributed by atoms with E-state index in [1.807, 2.05) is 0 Å². The van der Waals surface area contributed by atoms with E-state index in [-0.39, 0.29) is 17.2 Å². The topological polar surface area (TPSA) is 78.0 Å². The molecule has 1 aromatic heterocycles. The summed E-state index contributed by atoms with van der Waals surface area (Å²) in [5.41, 5.74) is 0.251. The molecule has 0 aliphatic rings. The minimum Gasteiger partial charge on any atom is -0.493 e. The summed E-state index contributed by atoms with van der Waals surface area (Å²) in [5, 5.41) is 12.6. The molecule has 0 saturated heterocycles. The van der Waals surface area contributed by atoms with Crippen molar-refractivity contribution in [2.24, 2.45) is 0 Å². The lowest BCUT2D eigenvalue weighted by atomic mass is 10.1. The standard InChI is InChI=1S/C16H12FN3O2/c17-11-8-4-5-9-12(11)18-16-19-14(21)13(15(22)20-16)10-6-2-1-3-7-10/h1-9H,(H3,18,19,20,21,22). The van der Waals surface area contributed by atoms with Crippen LogP contribution in [0.2, 0.25) is 0 Å². The summed E-state index contributed by atoms with van der Waals surface area (Å²) in [6, 6.07) is 14.6. The molecular weight excluding hydrogens is 285 g/mol. The number of rotatable bonds is 3. The van der Waals surface area contributed by atoms with Gasteiger partial charge in [0.05, 0.1) is 5.69 Å². The van der Waals surface area contributed by atoms with Crippen molar-refractivity contribution in [2.75, 3.05) is 5.32 Å². The molecule has 0 aliphatic heterocycles. The van der Waals surface area contributed by atoms with Crippen molar-refractivity contribution in [3.8, 4) is 17.0 Å². The Morgan fingerprint density at radius 2 is 1.73 bits per heavy atom. The van der Waals surface area contributed by atoms with Gasteiger partial charge in [-0.05, 0) is 17.7 Å². The molecule has 0 fully saturated rings. The summed E-state index contributed by atoms with van der Waals surface area (Å²) in [5.74, 6) is -0.946. The van der Waals surface area contributed by atoms with E-state index in [4.69, 9.17) is 0 Å². The van der Waals surface area contributed by atoms with Crippen LogP contribution in [0.25, 0.3) is 11.1 Å². The van der Waals surface area contributed by atoms with Gasteiger partial charge in [0.15, 0.2) is 0 Å². The first-order valence-corrected chi connectivity index (χ1v) is 6.55. The Hall–Kier alpha value is -3.15. The number of halogens is 1. The predicted octanol–water partition coefficient (Wildman–Crippen LogP) is 3.03. The van der Waals surface area contributed by atoms with Crippen LogP contribution < -0.4 is 10.9 Å². The molecule has 0 saturated carbocycles. The Kier molecular flexibility index (Phi) is 3.57. The molecule has 2 aromatic carbocycles. The number of aromatic amines is 1. The van der Waals surface area contributed by atoms with Gasteiger partial charge in [0, 0.05) is 0 Å². The van der Waals surface area contributed by atoms with E-state index in [1.54, 1.807) is 42.5 Å². The maximum absolute atomic E-state index is 13.6.